The van der Waals surface area contributed by atoms with Gasteiger partial charge in [0.2, 0.25) is 5.91 Å². The number of para-hydroxylation sites is 1. The predicted molar refractivity (Wildman–Crippen MR) is 131 cm³/mol. The molecule has 2 fully saturated rings. The molecule has 33 heavy (non-hydrogen) atoms. The van der Waals surface area contributed by atoms with E-state index in [1.807, 2.05) is 35.2 Å². The van der Waals surface area contributed by atoms with E-state index in [4.69, 9.17) is 4.74 Å². The summed E-state index contributed by atoms with van der Waals surface area (Å²) < 4.78 is 5.21. The summed E-state index contributed by atoms with van der Waals surface area (Å²) in [4.78, 5) is 32.7. The Bertz CT molecular complexity index is 915. The van der Waals surface area contributed by atoms with Crippen LogP contribution in [-0.4, -0.2) is 67.5 Å². The normalized spacial score (nSPS) is 18.2. The van der Waals surface area contributed by atoms with Crippen LogP contribution >= 0.6 is 0 Å². The van der Waals surface area contributed by atoms with Crippen LogP contribution in [0.5, 0.6) is 5.75 Å². The fourth-order valence-corrected chi connectivity index (χ4v) is 4.89. The van der Waals surface area contributed by atoms with Crippen molar-refractivity contribution in [3.63, 3.8) is 0 Å². The average Bonchev–Trinajstić information content (AvgIpc) is 2.88. The summed E-state index contributed by atoms with van der Waals surface area (Å²) in [6, 6.07) is 17.0. The molecule has 0 unspecified atom stereocenters. The number of carbonyl (C=O) groups is 2. The molecule has 0 aliphatic carbocycles. The standard InChI is InChI=1S/C27H35N3O3/c1-21-12-16-28(17-13-21)23-14-18-29(19-15-23)26(31)20-30(24-6-4-3-5-7-24)27(32)22-8-10-25(33-2)11-9-22/h3-11,21,23H,12-20H2,1-2H3. The molecular formula is C27H35N3O3. The van der Waals surface area contributed by atoms with E-state index in [1.54, 1.807) is 36.3 Å². The van der Waals surface area contributed by atoms with Gasteiger partial charge >= 0.3 is 0 Å². The van der Waals surface area contributed by atoms with E-state index in [-0.39, 0.29) is 18.4 Å². The lowest BCUT2D eigenvalue weighted by molar-refractivity contribution is -0.131. The SMILES string of the molecule is COc1ccc(C(=O)N(CC(=O)N2CCC(N3CCC(C)CC3)CC2)c2ccccc2)cc1. The lowest BCUT2D eigenvalue weighted by Crippen LogP contribution is -2.51. The third kappa shape index (κ3) is 5.74. The van der Waals surface area contributed by atoms with Crippen molar-refractivity contribution in [2.75, 3.05) is 44.7 Å². The van der Waals surface area contributed by atoms with E-state index < -0.39 is 0 Å². The third-order valence-electron chi connectivity index (χ3n) is 7.10. The van der Waals surface area contributed by atoms with Crippen molar-refractivity contribution < 1.29 is 14.3 Å². The van der Waals surface area contributed by atoms with E-state index in [0.29, 0.717) is 17.4 Å². The van der Waals surface area contributed by atoms with Crippen LogP contribution in [0.3, 0.4) is 0 Å². The number of benzene rings is 2. The number of hydrogen-bond acceptors (Lipinski definition) is 4. The van der Waals surface area contributed by atoms with Gasteiger partial charge in [0.15, 0.2) is 0 Å². The van der Waals surface area contributed by atoms with E-state index in [1.165, 1.54) is 25.9 Å². The van der Waals surface area contributed by atoms with Crippen molar-refractivity contribution in [3.05, 3.63) is 60.2 Å². The Labute approximate surface area is 197 Å². The number of rotatable bonds is 6. The number of piperidine rings is 2. The van der Waals surface area contributed by atoms with Crippen molar-refractivity contribution >= 4 is 17.5 Å². The summed E-state index contributed by atoms with van der Waals surface area (Å²) in [6.45, 7) is 6.25. The molecule has 4 rings (SSSR count). The van der Waals surface area contributed by atoms with Gasteiger partial charge in [0.1, 0.15) is 12.3 Å². The Hall–Kier alpha value is -2.86. The third-order valence-corrected chi connectivity index (χ3v) is 7.10. The zero-order chi connectivity index (χ0) is 23.2. The van der Waals surface area contributed by atoms with Crippen LogP contribution in [0.15, 0.2) is 54.6 Å². The highest BCUT2D eigenvalue weighted by Gasteiger charge is 2.30. The molecule has 6 nitrogen and oxygen atoms in total. The number of ether oxygens (including phenoxy) is 1. The number of hydrogen-bond donors (Lipinski definition) is 0. The fourth-order valence-electron chi connectivity index (χ4n) is 4.89. The molecule has 0 spiro atoms. The first-order valence-electron chi connectivity index (χ1n) is 12.1. The first kappa shape index (κ1) is 23.3. The molecule has 2 heterocycles. The summed E-state index contributed by atoms with van der Waals surface area (Å²) in [7, 11) is 1.60. The van der Waals surface area contributed by atoms with Crippen LogP contribution in [0.2, 0.25) is 0 Å². The Morgan fingerprint density at radius 1 is 0.909 bits per heavy atom. The molecule has 0 saturated carbocycles. The summed E-state index contributed by atoms with van der Waals surface area (Å²) in [6.07, 6.45) is 4.58. The number of likely N-dealkylation sites (tertiary alicyclic amines) is 2. The topological polar surface area (TPSA) is 53.1 Å². The van der Waals surface area contributed by atoms with E-state index in [2.05, 4.69) is 11.8 Å². The van der Waals surface area contributed by atoms with Gasteiger partial charge in [-0.15, -0.1) is 0 Å². The summed E-state index contributed by atoms with van der Waals surface area (Å²) in [5.41, 5.74) is 1.26. The second-order valence-corrected chi connectivity index (χ2v) is 9.29. The molecule has 0 radical (unpaired) electrons. The highest BCUT2D eigenvalue weighted by atomic mass is 16.5. The molecule has 2 aliphatic rings. The van der Waals surface area contributed by atoms with Crippen molar-refractivity contribution in [2.24, 2.45) is 5.92 Å². The Morgan fingerprint density at radius 3 is 2.15 bits per heavy atom. The van der Waals surface area contributed by atoms with Gasteiger partial charge in [-0.25, -0.2) is 0 Å². The maximum atomic E-state index is 13.4. The molecule has 0 bridgehead atoms. The monoisotopic (exact) mass is 449 g/mol. The summed E-state index contributed by atoms with van der Waals surface area (Å²) >= 11 is 0. The molecule has 176 valence electrons. The van der Waals surface area contributed by atoms with Gasteiger partial charge in [-0.3, -0.25) is 14.5 Å². The maximum Gasteiger partial charge on any atom is 0.258 e. The van der Waals surface area contributed by atoms with Gasteiger partial charge in [0.05, 0.1) is 7.11 Å². The second-order valence-electron chi connectivity index (χ2n) is 9.29. The quantitative estimate of drug-likeness (QED) is 0.667. The van der Waals surface area contributed by atoms with Gasteiger partial charge in [-0.1, -0.05) is 25.1 Å². The lowest BCUT2D eigenvalue weighted by atomic mass is 9.95. The first-order valence-corrected chi connectivity index (χ1v) is 12.1. The largest absolute Gasteiger partial charge is 0.497 e. The number of carbonyl (C=O) groups excluding carboxylic acids is 2. The molecule has 2 aromatic rings. The van der Waals surface area contributed by atoms with E-state index >= 15 is 0 Å². The minimum atomic E-state index is -0.186. The van der Waals surface area contributed by atoms with Crippen LogP contribution in [0.25, 0.3) is 0 Å². The number of anilines is 1. The van der Waals surface area contributed by atoms with E-state index in [0.717, 1.165) is 37.5 Å². The predicted octanol–water partition coefficient (Wildman–Crippen LogP) is 4.06. The Balaban J connectivity index is 1.41. The van der Waals surface area contributed by atoms with Crippen LogP contribution in [-0.2, 0) is 4.79 Å². The first-order chi connectivity index (χ1) is 16.0. The molecule has 2 aliphatic heterocycles. The maximum absolute atomic E-state index is 13.4. The Morgan fingerprint density at radius 2 is 1.55 bits per heavy atom. The van der Waals surface area contributed by atoms with Crippen LogP contribution in [0.1, 0.15) is 43.0 Å². The van der Waals surface area contributed by atoms with E-state index in [9.17, 15) is 9.59 Å². The van der Waals surface area contributed by atoms with Crippen LogP contribution in [0, 0.1) is 5.92 Å². The molecule has 2 saturated heterocycles. The molecule has 0 N–H and O–H groups in total. The van der Waals surface area contributed by atoms with Gasteiger partial charge in [-0.2, -0.15) is 0 Å². The van der Waals surface area contributed by atoms with Gasteiger partial charge in [-0.05, 0) is 81.1 Å². The molecule has 6 heteroatoms. The minimum Gasteiger partial charge on any atom is -0.497 e. The number of amides is 2. The summed E-state index contributed by atoms with van der Waals surface area (Å²) in [5.74, 6) is 1.34. The molecule has 2 amide bonds. The smallest absolute Gasteiger partial charge is 0.258 e. The van der Waals surface area contributed by atoms with Gasteiger partial charge < -0.3 is 14.5 Å². The zero-order valence-corrected chi connectivity index (χ0v) is 19.8. The molecular weight excluding hydrogens is 414 g/mol. The molecule has 2 aromatic carbocycles. The number of methoxy groups -OCH3 is 1. The zero-order valence-electron chi connectivity index (χ0n) is 19.8. The van der Waals surface area contributed by atoms with Crippen LogP contribution < -0.4 is 9.64 Å². The Kier molecular flexibility index (Phi) is 7.65. The van der Waals surface area contributed by atoms with Gasteiger partial charge in [0, 0.05) is 30.4 Å². The molecule has 0 atom stereocenters. The van der Waals surface area contributed by atoms with Crippen molar-refractivity contribution in [1.82, 2.24) is 9.80 Å². The van der Waals surface area contributed by atoms with Crippen molar-refractivity contribution in [3.8, 4) is 5.75 Å². The highest BCUT2D eigenvalue weighted by molar-refractivity contribution is 6.08. The van der Waals surface area contributed by atoms with Crippen LogP contribution in [0.4, 0.5) is 5.69 Å². The second kappa shape index (κ2) is 10.8. The molecule has 0 aromatic heterocycles. The highest BCUT2D eigenvalue weighted by Crippen LogP contribution is 2.24. The minimum absolute atomic E-state index is 0.00595. The van der Waals surface area contributed by atoms with Gasteiger partial charge in [0.25, 0.3) is 5.91 Å². The summed E-state index contributed by atoms with van der Waals surface area (Å²) in [5, 5.41) is 0. The van der Waals surface area contributed by atoms with Crippen molar-refractivity contribution in [1.29, 1.82) is 0 Å². The van der Waals surface area contributed by atoms with Crippen molar-refractivity contribution in [2.45, 2.75) is 38.6 Å². The lowest BCUT2D eigenvalue weighted by Gasteiger charge is -2.41. The average molecular weight is 450 g/mol. The fraction of sp³-hybridized carbons (Fsp3) is 0.481. The number of nitrogens with zero attached hydrogens (tertiary/aromatic N) is 3.